The number of aryl methyl sites for hydroxylation is 1. The summed E-state index contributed by atoms with van der Waals surface area (Å²) in [5, 5.41) is 5.99. The molecule has 0 unspecified atom stereocenters. The molecule has 2 N–H and O–H groups in total. The summed E-state index contributed by atoms with van der Waals surface area (Å²) in [5.41, 5.74) is 2.94. The van der Waals surface area contributed by atoms with Gasteiger partial charge in [0.25, 0.3) is 0 Å². The van der Waals surface area contributed by atoms with Crippen LogP contribution in [-0.4, -0.2) is 19.2 Å². The van der Waals surface area contributed by atoms with Gasteiger partial charge in [0, 0.05) is 11.0 Å². The minimum Gasteiger partial charge on any atom is -0.454 e. The van der Waals surface area contributed by atoms with Crippen LogP contribution >= 0.6 is 15.9 Å². The van der Waals surface area contributed by atoms with Crippen molar-refractivity contribution >= 4 is 27.5 Å². The summed E-state index contributed by atoms with van der Waals surface area (Å²) >= 11 is 3.45. The Labute approximate surface area is 143 Å². The zero-order chi connectivity index (χ0) is 16.2. The third-order valence-corrected chi connectivity index (χ3v) is 4.11. The average molecular weight is 377 g/mol. The predicted octanol–water partition coefficient (Wildman–Crippen LogP) is 3.21. The number of ether oxygens (including phenoxy) is 2. The van der Waals surface area contributed by atoms with Crippen LogP contribution in [0.25, 0.3) is 0 Å². The molecule has 120 valence electrons. The molecule has 0 spiro atoms. The Bertz CT molecular complexity index is 734. The Balaban J connectivity index is 1.49. The van der Waals surface area contributed by atoms with E-state index in [1.807, 2.05) is 43.3 Å². The number of rotatable bonds is 5. The lowest BCUT2D eigenvalue weighted by Gasteiger charge is -2.09. The summed E-state index contributed by atoms with van der Waals surface area (Å²) in [6, 6.07) is 11.6. The van der Waals surface area contributed by atoms with Crippen LogP contribution in [0.4, 0.5) is 5.69 Å². The second-order valence-corrected chi connectivity index (χ2v) is 6.18. The summed E-state index contributed by atoms with van der Waals surface area (Å²) in [5.74, 6) is 1.42. The molecular formula is C17H17BrN2O3. The van der Waals surface area contributed by atoms with Crippen molar-refractivity contribution in [2.75, 3.05) is 18.7 Å². The smallest absolute Gasteiger partial charge is 0.238 e. The van der Waals surface area contributed by atoms with E-state index < -0.39 is 0 Å². The van der Waals surface area contributed by atoms with E-state index in [0.29, 0.717) is 6.54 Å². The van der Waals surface area contributed by atoms with Crippen LogP contribution in [0.1, 0.15) is 11.1 Å². The number of fused-ring (bicyclic) bond motifs is 1. The Morgan fingerprint density at radius 2 is 2.00 bits per heavy atom. The van der Waals surface area contributed by atoms with Crippen molar-refractivity contribution in [3.8, 4) is 11.5 Å². The molecule has 2 aromatic carbocycles. The largest absolute Gasteiger partial charge is 0.454 e. The van der Waals surface area contributed by atoms with Crippen molar-refractivity contribution in [3.63, 3.8) is 0 Å². The lowest BCUT2D eigenvalue weighted by atomic mass is 10.2. The molecule has 1 aliphatic rings. The van der Waals surface area contributed by atoms with Crippen LogP contribution in [0, 0.1) is 6.92 Å². The third kappa shape index (κ3) is 4.03. The van der Waals surface area contributed by atoms with E-state index in [9.17, 15) is 4.79 Å². The molecule has 3 rings (SSSR count). The second kappa shape index (κ2) is 7.02. The van der Waals surface area contributed by atoms with Crippen molar-refractivity contribution in [3.05, 3.63) is 52.0 Å². The van der Waals surface area contributed by atoms with Crippen LogP contribution in [0.2, 0.25) is 0 Å². The van der Waals surface area contributed by atoms with Gasteiger partial charge in [0.2, 0.25) is 12.7 Å². The number of carbonyl (C=O) groups excluding carboxylic acids is 1. The van der Waals surface area contributed by atoms with Gasteiger partial charge in [-0.15, -0.1) is 0 Å². The molecule has 0 radical (unpaired) electrons. The molecule has 0 aromatic heterocycles. The zero-order valence-electron chi connectivity index (χ0n) is 12.7. The number of hydrogen-bond acceptors (Lipinski definition) is 4. The molecule has 0 atom stereocenters. The van der Waals surface area contributed by atoms with Gasteiger partial charge in [-0.2, -0.15) is 0 Å². The van der Waals surface area contributed by atoms with Gasteiger partial charge in [-0.3, -0.25) is 4.79 Å². The highest BCUT2D eigenvalue weighted by Gasteiger charge is 2.13. The number of carbonyl (C=O) groups is 1. The summed E-state index contributed by atoms with van der Waals surface area (Å²) in [6.45, 7) is 3.08. The predicted molar refractivity (Wildman–Crippen MR) is 91.8 cm³/mol. The summed E-state index contributed by atoms with van der Waals surface area (Å²) < 4.78 is 11.5. The van der Waals surface area contributed by atoms with Crippen molar-refractivity contribution in [1.29, 1.82) is 0 Å². The minimum absolute atomic E-state index is 0.0877. The fourth-order valence-corrected chi connectivity index (χ4v) is 2.88. The highest BCUT2D eigenvalue weighted by atomic mass is 79.9. The standard InChI is InChI=1S/C17H17BrN2O3/c1-11-2-4-14(13(18)6-11)20-17(21)9-19-8-12-3-5-15-16(7-12)23-10-22-15/h2-7,19H,8-10H2,1H3,(H,20,21). The number of amides is 1. The van der Waals surface area contributed by atoms with Gasteiger partial charge in [0.1, 0.15) is 0 Å². The highest BCUT2D eigenvalue weighted by molar-refractivity contribution is 9.10. The van der Waals surface area contributed by atoms with E-state index in [-0.39, 0.29) is 19.2 Å². The molecule has 0 aliphatic carbocycles. The Morgan fingerprint density at radius 3 is 2.83 bits per heavy atom. The number of nitrogens with one attached hydrogen (secondary N) is 2. The molecule has 0 saturated heterocycles. The Hall–Kier alpha value is -2.05. The summed E-state index contributed by atoms with van der Waals surface area (Å²) in [6.07, 6.45) is 0. The molecule has 6 heteroatoms. The molecule has 0 bridgehead atoms. The van der Waals surface area contributed by atoms with Crippen LogP contribution in [0.15, 0.2) is 40.9 Å². The van der Waals surface area contributed by atoms with E-state index in [1.54, 1.807) is 0 Å². The minimum atomic E-state index is -0.0877. The number of halogens is 1. The number of anilines is 1. The SMILES string of the molecule is Cc1ccc(NC(=O)CNCc2ccc3c(c2)OCO3)c(Br)c1. The summed E-state index contributed by atoms with van der Waals surface area (Å²) in [4.78, 5) is 12.0. The van der Waals surface area contributed by atoms with Crippen molar-refractivity contribution in [2.24, 2.45) is 0 Å². The van der Waals surface area contributed by atoms with Crippen molar-refractivity contribution in [1.82, 2.24) is 5.32 Å². The lowest BCUT2D eigenvalue weighted by molar-refractivity contribution is -0.115. The molecule has 1 heterocycles. The maximum atomic E-state index is 12.0. The maximum Gasteiger partial charge on any atom is 0.238 e. The molecule has 5 nitrogen and oxygen atoms in total. The van der Waals surface area contributed by atoms with Gasteiger partial charge >= 0.3 is 0 Å². The van der Waals surface area contributed by atoms with Crippen LogP contribution in [-0.2, 0) is 11.3 Å². The average Bonchev–Trinajstić information content (AvgIpc) is 2.98. The molecule has 23 heavy (non-hydrogen) atoms. The van der Waals surface area contributed by atoms with Gasteiger partial charge < -0.3 is 20.1 Å². The lowest BCUT2D eigenvalue weighted by Crippen LogP contribution is -2.27. The molecule has 0 saturated carbocycles. The highest BCUT2D eigenvalue weighted by Crippen LogP contribution is 2.32. The normalized spacial score (nSPS) is 12.3. The number of benzene rings is 2. The van der Waals surface area contributed by atoms with E-state index >= 15 is 0 Å². The van der Waals surface area contributed by atoms with Gasteiger partial charge in [-0.05, 0) is 58.2 Å². The molecule has 0 fully saturated rings. The van der Waals surface area contributed by atoms with E-state index in [1.165, 1.54) is 0 Å². The maximum absolute atomic E-state index is 12.0. The summed E-state index contributed by atoms with van der Waals surface area (Å²) in [7, 11) is 0. The first kappa shape index (κ1) is 15.8. The van der Waals surface area contributed by atoms with Crippen LogP contribution in [0.3, 0.4) is 0 Å². The first-order valence-electron chi connectivity index (χ1n) is 7.27. The van der Waals surface area contributed by atoms with Gasteiger partial charge in [0.15, 0.2) is 11.5 Å². The Kier molecular flexibility index (Phi) is 4.83. The Morgan fingerprint density at radius 1 is 1.17 bits per heavy atom. The van der Waals surface area contributed by atoms with E-state index in [4.69, 9.17) is 9.47 Å². The third-order valence-electron chi connectivity index (χ3n) is 3.45. The van der Waals surface area contributed by atoms with Crippen LogP contribution in [0.5, 0.6) is 11.5 Å². The van der Waals surface area contributed by atoms with E-state index in [0.717, 1.165) is 32.8 Å². The molecule has 2 aromatic rings. The van der Waals surface area contributed by atoms with Crippen LogP contribution < -0.4 is 20.1 Å². The zero-order valence-corrected chi connectivity index (χ0v) is 14.3. The number of hydrogen-bond donors (Lipinski definition) is 2. The molecule has 1 aliphatic heterocycles. The monoisotopic (exact) mass is 376 g/mol. The quantitative estimate of drug-likeness (QED) is 0.840. The van der Waals surface area contributed by atoms with E-state index in [2.05, 4.69) is 26.6 Å². The van der Waals surface area contributed by atoms with Gasteiger partial charge in [-0.1, -0.05) is 12.1 Å². The molecular weight excluding hydrogens is 360 g/mol. The van der Waals surface area contributed by atoms with Gasteiger partial charge in [-0.25, -0.2) is 0 Å². The first-order chi connectivity index (χ1) is 11.1. The fourth-order valence-electron chi connectivity index (χ4n) is 2.29. The first-order valence-corrected chi connectivity index (χ1v) is 8.06. The molecule has 1 amide bonds. The second-order valence-electron chi connectivity index (χ2n) is 5.32. The van der Waals surface area contributed by atoms with Gasteiger partial charge in [0.05, 0.1) is 12.2 Å². The topological polar surface area (TPSA) is 59.6 Å². The fraction of sp³-hybridized carbons (Fsp3) is 0.235. The van der Waals surface area contributed by atoms with Crippen molar-refractivity contribution in [2.45, 2.75) is 13.5 Å². The van der Waals surface area contributed by atoms with Crippen molar-refractivity contribution < 1.29 is 14.3 Å².